The highest BCUT2D eigenvalue weighted by Crippen LogP contribution is 2.26. The van der Waals surface area contributed by atoms with Gasteiger partial charge in [0.05, 0.1) is 25.4 Å². The number of allylic oxidation sites excluding steroid dienone is 5. The van der Waals surface area contributed by atoms with Crippen LogP contribution in [-0.2, 0) is 23.8 Å². The van der Waals surface area contributed by atoms with Crippen LogP contribution in [0.4, 0.5) is 0 Å². The SMILES string of the molecule is CCCCC/C=C\C/C=C\CCCCCCCCC(O)C(=O)NC(COC1OC(CO)C(O)C(O)C1OC(=O)CCCCCCCCCCCCC)C(O)/C=C/CCCCCCCCCCC. The molecule has 0 aromatic carbocycles. The minimum absolute atomic E-state index is 0.126. The molecule has 11 nitrogen and oxygen atoms in total. The Morgan fingerprint density at radius 3 is 1.55 bits per heavy atom. The Kier molecular flexibility index (Phi) is 42.3. The molecule has 67 heavy (non-hydrogen) atoms. The Labute approximate surface area is 409 Å². The molecule has 1 aliphatic heterocycles. The molecule has 0 aliphatic carbocycles. The van der Waals surface area contributed by atoms with Gasteiger partial charge in [-0.05, 0) is 57.8 Å². The van der Waals surface area contributed by atoms with E-state index >= 15 is 0 Å². The van der Waals surface area contributed by atoms with Crippen LogP contribution in [0.1, 0.15) is 245 Å². The fourth-order valence-corrected chi connectivity index (χ4v) is 8.56. The third kappa shape index (κ3) is 34.0. The van der Waals surface area contributed by atoms with Gasteiger partial charge in [0.1, 0.15) is 24.4 Å². The average molecular weight is 950 g/mol. The van der Waals surface area contributed by atoms with Crippen molar-refractivity contribution in [2.45, 2.75) is 294 Å². The van der Waals surface area contributed by atoms with Crippen molar-refractivity contribution in [3.8, 4) is 0 Å². The molecule has 6 N–H and O–H groups in total. The lowest BCUT2D eigenvalue weighted by atomic mass is 9.99. The number of carbonyl (C=O) groups is 2. The van der Waals surface area contributed by atoms with E-state index in [0.717, 1.165) is 83.5 Å². The van der Waals surface area contributed by atoms with Crippen molar-refractivity contribution in [1.29, 1.82) is 0 Å². The van der Waals surface area contributed by atoms with E-state index in [2.05, 4.69) is 50.4 Å². The van der Waals surface area contributed by atoms with Crippen LogP contribution in [0.15, 0.2) is 36.5 Å². The second kappa shape index (κ2) is 45.0. The van der Waals surface area contributed by atoms with Crippen molar-refractivity contribution in [2.24, 2.45) is 0 Å². The zero-order chi connectivity index (χ0) is 49.0. The van der Waals surface area contributed by atoms with E-state index in [0.29, 0.717) is 12.8 Å². The van der Waals surface area contributed by atoms with Gasteiger partial charge in [0.25, 0.3) is 0 Å². The number of ether oxygens (including phenoxy) is 3. The van der Waals surface area contributed by atoms with Gasteiger partial charge in [-0.1, -0.05) is 218 Å². The quantitative estimate of drug-likeness (QED) is 0.0196. The van der Waals surface area contributed by atoms with Crippen molar-refractivity contribution < 1.29 is 49.3 Å². The Bertz CT molecular complexity index is 1230. The molecule has 1 aliphatic rings. The van der Waals surface area contributed by atoms with Crippen LogP contribution in [0.3, 0.4) is 0 Å². The summed E-state index contributed by atoms with van der Waals surface area (Å²) in [6.45, 7) is 5.72. The van der Waals surface area contributed by atoms with Gasteiger partial charge in [-0.3, -0.25) is 9.59 Å². The summed E-state index contributed by atoms with van der Waals surface area (Å²) in [7, 11) is 0. The smallest absolute Gasteiger partial charge is 0.306 e. The van der Waals surface area contributed by atoms with Crippen LogP contribution in [0, 0.1) is 0 Å². The number of aliphatic hydroxyl groups excluding tert-OH is 5. The van der Waals surface area contributed by atoms with E-state index in [-0.39, 0.29) is 19.4 Å². The maximum atomic E-state index is 13.3. The number of hydrogen-bond donors (Lipinski definition) is 6. The lowest BCUT2D eigenvalue weighted by molar-refractivity contribution is -0.305. The number of nitrogens with one attached hydrogen (secondary N) is 1. The number of esters is 1. The van der Waals surface area contributed by atoms with E-state index in [1.807, 2.05) is 6.08 Å². The minimum atomic E-state index is -1.61. The molecule has 0 saturated carbocycles. The van der Waals surface area contributed by atoms with Gasteiger partial charge in [0.2, 0.25) is 5.91 Å². The van der Waals surface area contributed by atoms with Crippen LogP contribution in [-0.4, -0.2) is 99.6 Å². The average Bonchev–Trinajstić information content (AvgIpc) is 3.32. The Hall–Kier alpha value is -2.12. The summed E-state index contributed by atoms with van der Waals surface area (Å²) in [5, 5.41) is 56.6. The van der Waals surface area contributed by atoms with Gasteiger partial charge >= 0.3 is 5.97 Å². The summed E-state index contributed by atoms with van der Waals surface area (Å²) in [5.74, 6) is -1.20. The topological polar surface area (TPSA) is 175 Å². The largest absolute Gasteiger partial charge is 0.454 e. The van der Waals surface area contributed by atoms with Crippen molar-refractivity contribution >= 4 is 11.9 Å². The van der Waals surface area contributed by atoms with Gasteiger partial charge in [0, 0.05) is 6.42 Å². The highest BCUT2D eigenvalue weighted by Gasteiger charge is 2.47. The van der Waals surface area contributed by atoms with Gasteiger partial charge < -0.3 is 45.1 Å². The lowest BCUT2D eigenvalue weighted by Crippen LogP contribution is -2.61. The molecule has 1 heterocycles. The predicted octanol–water partition coefficient (Wildman–Crippen LogP) is 11.9. The fourth-order valence-electron chi connectivity index (χ4n) is 8.56. The van der Waals surface area contributed by atoms with Crippen molar-refractivity contribution in [1.82, 2.24) is 5.32 Å². The first-order valence-electron chi connectivity index (χ1n) is 27.8. The Balaban J connectivity index is 2.74. The predicted molar refractivity (Wildman–Crippen MR) is 274 cm³/mol. The second-order valence-electron chi connectivity index (χ2n) is 19.3. The Morgan fingerprint density at radius 2 is 1.03 bits per heavy atom. The number of carbonyl (C=O) groups excluding carboxylic acids is 2. The highest BCUT2D eigenvalue weighted by atomic mass is 16.7. The van der Waals surface area contributed by atoms with E-state index < -0.39 is 67.4 Å². The normalized spacial score (nSPS) is 20.3. The molecule has 0 aromatic rings. The number of amides is 1. The summed E-state index contributed by atoms with van der Waals surface area (Å²) in [6, 6.07) is -1.02. The zero-order valence-electron chi connectivity index (χ0n) is 43.0. The second-order valence-corrected chi connectivity index (χ2v) is 19.3. The summed E-state index contributed by atoms with van der Waals surface area (Å²) in [6.07, 6.45) is 40.5. The van der Waals surface area contributed by atoms with Crippen LogP contribution >= 0.6 is 0 Å². The lowest BCUT2D eigenvalue weighted by Gasteiger charge is -2.41. The van der Waals surface area contributed by atoms with Crippen molar-refractivity contribution in [2.75, 3.05) is 13.2 Å². The first-order valence-corrected chi connectivity index (χ1v) is 27.8. The molecule has 8 atom stereocenters. The monoisotopic (exact) mass is 950 g/mol. The molecular weight excluding hydrogens is 847 g/mol. The van der Waals surface area contributed by atoms with Gasteiger partial charge in [-0.2, -0.15) is 0 Å². The maximum Gasteiger partial charge on any atom is 0.306 e. The van der Waals surface area contributed by atoms with Crippen LogP contribution in [0.2, 0.25) is 0 Å². The van der Waals surface area contributed by atoms with E-state index in [1.165, 1.54) is 116 Å². The minimum Gasteiger partial charge on any atom is -0.454 e. The first kappa shape index (κ1) is 62.9. The van der Waals surface area contributed by atoms with Gasteiger partial charge in [-0.15, -0.1) is 0 Å². The molecule has 1 fully saturated rings. The van der Waals surface area contributed by atoms with E-state index in [1.54, 1.807) is 6.08 Å². The maximum absolute atomic E-state index is 13.3. The number of unbranched alkanes of at least 4 members (excludes halogenated alkanes) is 28. The van der Waals surface area contributed by atoms with E-state index in [4.69, 9.17) is 14.2 Å². The molecule has 11 heteroatoms. The Morgan fingerprint density at radius 1 is 0.582 bits per heavy atom. The molecule has 392 valence electrons. The van der Waals surface area contributed by atoms with Crippen LogP contribution in [0.25, 0.3) is 0 Å². The molecule has 1 saturated heterocycles. The van der Waals surface area contributed by atoms with Crippen LogP contribution < -0.4 is 5.32 Å². The molecule has 1 rings (SSSR count). The molecule has 0 bridgehead atoms. The van der Waals surface area contributed by atoms with E-state index in [9.17, 15) is 35.1 Å². The molecule has 0 radical (unpaired) electrons. The van der Waals surface area contributed by atoms with Gasteiger partial charge in [-0.25, -0.2) is 0 Å². The molecule has 0 spiro atoms. The fraction of sp³-hybridized carbons (Fsp3) is 0.857. The molecule has 1 amide bonds. The zero-order valence-corrected chi connectivity index (χ0v) is 43.0. The molecular formula is C56H103NO10. The molecule has 8 unspecified atom stereocenters. The number of rotatable bonds is 46. The van der Waals surface area contributed by atoms with Gasteiger partial charge in [0.15, 0.2) is 12.4 Å². The third-order valence-corrected chi connectivity index (χ3v) is 13.0. The molecule has 0 aromatic heterocycles. The summed E-state index contributed by atoms with van der Waals surface area (Å²) >= 11 is 0. The first-order chi connectivity index (χ1) is 32.7. The number of hydrogen-bond acceptors (Lipinski definition) is 10. The standard InChI is InChI=1S/C56H103NO10/c1-4-7-10-13-16-19-22-23-24-25-26-29-31-34-37-40-43-49(60)55(64)57-47(48(59)42-39-36-33-30-27-20-17-14-11-8-5-2)46-65-56-54(53(63)52(62)50(45-58)66-56)67-51(61)44-41-38-35-32-28-21-18-15-12-9-6-3/h16,19,23-24,39,42,47-50,52-54,56,58-60,62-63H,4-15,17-18,20-22,25-38,40-41,43-46H2,1-3H3,(H,57,64)/b19-16-,24-23-,42-39+. The van der Waals surface area contributed by atoms with Crippen LogP contribution in [0.5, 0.6) is 0 Å². The summed E-state index contributed by atoms with van der Waals surface area (Å²) < 4.78 is 17.5. The number of aliphatic hydroxyl groups is 5. The highest BCUT2D eigenvalue weighted by molar-refractivity contribution is 5.80. The van der Waals surface area contributed by atoms with Crippen molar-refractivity contribution in [3.63, 3.8) is 0 Å². The summed E-state index contributed by atoms with van der Waals surface area (Å²) in [4.78, 5) is 26.4. The third-order valence-electron chi connectivity index (χ3n) is 13.0. The summed E-state index contributed by atoms with van der Waals surface area (Å²) in [5.41, 5.74) is 0. The van der Waals surface area contributed by atoms with Crippen molar-refractivity contribution in [3.05, 3.63) is 36.5 Å².